The van der Waals surface area contributed by atoms with Gasteiger partial charge in [-0.25, -0.2) is 9.97 Å². The normalized spacial score (nSPS) is 12.2. The second kappa shape index (κ2) is 10.5. The highest BCUT2D eigenvalue weighted by Gasteiger charge is 2.22. The molecule has 0 spiro atoms. The topological polar surface area (TPSA) is 35.6 Å². The first-order valence-electron chi connectivity index (χ1n) is 17.6. The predicted molar refractivity (Wildman–Crippen MR) is 212 cm³/mol. The maximum Gasteiger partial charge on any atom is 0.0737 e. The van der Waals surface area contributed by atoms with Gasteiger partial charge in [0, 0.05) is 57.9 Å². The third-order valence-electron chi connectivity index (χ3n) is 11.8. The van der Waals surface area contributed by atoms with Crippen molar-refractivity contribution < 1.29 is 0 Å². The highest BCUT2D eigenvalue weighted by molar-refractivity contribution is 6.11. The number of aryl methyl sites for hydroxylation is 10. The summed E-state index contributed by atoms with van der Waals surface area (Å²) in [5.41, 5.74) is 23.6. The molecule has 4 nitrogen and oxygen atoms in total. The Kier molecular flexibility index (Phi) is 6.43. The highest BCUT2D eigenvalue weighted by Crippen LogP contribution is 2.43. The molecule has 0 saturated heterocycles. The summed E-state index contributed by atoms with van der Waals surface area (Å²) in [5.74, 6) is 0. The summed E-state index contributed by atoms with van der Waals surface area (Å²) in [5, 5.41) is 4.93. The highest BCUT2D eigenvalue weighted by atomic mass is 15.0. The Balaban J connectivity index is 1.56. The quantitative estimate of drug-likeness (QED) is 0.164. The molecular formula is C46H42N4. The third-order valence-corrected chi connectivity index (χ3v) is 11.8. The van der Waals surface area contributed by atoms with Gasteiger partial charge in [0.25, 0.3) is 0 Å². The van der Waals surface area contributed by atoms with Gasteiger partial charge in [-0.15, -0.1) is 0 Å². The Hall–Kier alpha value is -5.48. The van der Waals surface area contributed by atoms with Gasteiger partial charge in [0.05, 0.1) is 44.8 Å². The molecule has 0 saturated carbocycles. The van der Waals surface area contributed by atoms with Gasteiger partial charge in [-0.05, 0) is 173 Å². The first-order valence-corrected chi connectivity index (χ1v) is 17.6. The number of aromatic nitrogens is 4. The molecule has 0 N–H and O–H groups in total. The van der Waals surface area contributed by atoms with Gasteiger partial charge in [-0.2, -0.15) is 0 Å². The van der Waals surface area contributed by atoms with Gasteiger partial charge in [0.1, 0.15) is 0 Å². The summed E-state index contributed by atoms with van der Waals surface area (Å²) in [4.78, 5) is 10.9. The standard InChI is InChI=1S/C46H42N4/c1-23-11-31-32(12-24(23)2)40-20-44-37-17-29(7)30(8)18-38(37)46(50(44)10)22-42-34-14-26(4)25(3)13-33(34)41(48-42)21-45-36-16-28(6)27(5)15-35(36)43(49(45)9)19-39(31)47-40/h11-22H,1-10H3. The van der Waals surface area contributed by atoms with Crippen molar-refractivity contribution in [1.82, 2.24) is 19.1 Å². The summed E-state index contributed by atoms with van der Waals surface area (Å²) >= 11 is 0. The SMILES string of the molecule is Cc1cc2c(cc1C)-c1cc3c4cc(C)c(C)cc4c(cc4nc(cc5c6cc(C)c(C)cc6c(cc-2n1)n5C)-c1cc(C)c(C)cc1-4)n3C. The van der Waals surface area contributed by atoms with Gasteiger partial charge in [-0.3, -0.25) is 0 Å². The fourth-order valence-electron chi connectivity index (χ4n) is 8.10. The van der Waals surface area contributed by atoms with Crippen LogP contribution in [0.2, 0.25) is 0 Å². The summed E-state index contributed by atoms with van der Waals surface area (Å²) < 4.78 is 4.68. The van der Waals surface area contributed by atoms with Crippen molar-refractivity contribution in [3.05, 3.63) is 117 Å². The van der Waals surface area contributed by atoms with E-state index in [2.05, 4.69) is 151 Å². The van der Waals surface area contributed by atoms with Crippen LogP contribution in [0.1, 0.15) is 44.5 Å². The monoisotopic (exact) mass is 650 g/mol. The fourth-order valence-corrected chi connectivity index (χ4v) is 8.10. The van der Waals surface area contributed by atoms with Crippen molar-refractivity contribution in [1.29, 1.82) is 0 Å². The number of benzene rings is 4. The second-order valence-corrected chi connectivity index (χ2v) is 14.9. The lowest BCUT2D eigenvalue weighted by molar-refractivity contribution is 1.01. The zero-order chi connectivity index (χ0) is 34.9. The van der Waals surface area contributed by atoms with Crippen LogP contribution in [0.15, 0.2) is 72.8 Å². The summed E-state index contributed by atoms with van der Waals surface area (Å²) in [6.07, 6.45) is 0. The van der Waals surface area contributed by atoms with E-state index in [0.29, 0.717) is 0 Å². The lowest BCUT2D eigenvalue weighted by atomic mass is 9.97. The van der Waals surface area contributed by atoms with Gasteiger partial charge in [0.15, 0.2) is 0 Å². The van der Waals surface area contributed by atoms with E-state index < -0.39 is 0 Å². The zero-order valence-corrected chi connectivity index (χ0v) is 30.7. The molecule has 4 aromatic carbocycles. The Morgan fingerprint density at radius 3 is 0.720 bits per heavy atom. The Bertz CT molecular complexity index is 2480. The van der Waals surface area contributed by atoms with Crippen LogP contribution < -0.4 is 0 Å². The number of rotatable bonds is 0. The first-order chi connectivity index (χ1) is 23.9. The van der Waals surface area contributed by atoms with Gasteiger partial charge >= 0.3 is 0 Å². The second-order valence-electron chi connectivity index (χ2n) is 14.9. The van der Waals surface area contributed by atoms with E-state index in [1.807, 2.05) is 0 Å². The minimum absolute atomic E-state index is 0.997. The zero-order valence-electron chi connectivity index (χ0n) is 30.7. The molecular weight excluding hydrogens is 609 g/mol. The van der Waals surface area contributed by atoms with E-state index in [1.165, 1.54) is 88.3 Å². The average Bonchev–Trinajstić information content (AvgIpc) is 3.72. The van der Waals surface area contributed by atoms with Crippen LogP contribution in [0.25, 0.3) is 88.6 Å². The molecule has 2 aliphatic heterocycles. The average molecular weight is 651 g/mol. The molecule has 0 amide bonds. The Morgan fingerprint density at radius 1 is 0.300 bits per heavy atom. The largest absolute Gasteiger partial charge is 0.343 e. The molecule has 2 aliphatic rings. The molecule has 3 aromatic heterocycles. The molecule has 0 unspecified atom stereocenters. The molecule has 5 heterocycles. The molecule has 4 heteroatoms. The van der Waals surface area contributed by atoms with Crippen molar-refractivity contribution >= 4 is 43.6 Å². The van der Waals surface area contributed by atoms with E-state index >= 15 is 0 Å². The van der Waals surface area contributed by atoms with Crippen molar-refractivity contribution in [3.63, 3.8) is 0 Å². The van der Waals surface area contributed by atoms with Crippen LogP contribution in [0.4, 0.5) is 0 Å². The Morgan fingerprint density at radius 2 is 0.500 bits per heavy atom. The van der Waals surface area contributed by atoms with Crippen LogP contribution in [-0.2, 0) is 14.1 Å². The van der Waals surface area contributed by atoms with E-state index in [1.54, 1.807) is 0 Å². The van der Waals surface area contributed by atoms with E-state index in [0.717, 1.165) is 44.8 Å². The van der Waals surface area contributed by atoms with Crippen LogP contribution in [0, 0.1) is 55.4 Å². The molecule has 0 radical (unpaired) electrons. The maximum absolute atomic E-state index is 5.45. The molecule has 246 valence electrons. The van der Waals surface area contributed by atoms with Crippen LogP contribution >= 0.6 is 0 Å². The maximum atomic E-state index is 5.45. The lowest BCUT2D eigenvalue weighted by Crippen LogP contribution is -1.88. The minimum Gasteiger partial charge on any atom is -0.343 e. The molecule has 7 aromatic rings. The van der Waals surface area contributed by atoms with E-state index in [4.69, 9.17) is 9.97 Å². The summed E-state index contributed by atoms with van der Waals surface area (Å²) in [6, 6.07) is 27.9. The Labute approximate surface area is 293 Å². The fraction of sp³-hybridized carbons (Fsp3) is 0.217. The molecule has 50 heavy (non-hydrogen) atoms. The molecule has 0 fully saturated rings. The van der Waals surface area contributed by atoms with Crippen molar-refractivity contribution in [2.75, 3.05) is 0 Å². The summed E-state index contributed by atoms with van der Waals surface area (Å²) in [7, 11) is 4.38. The molecule has 9 rings (SSSR count). The smallest absolute Gasteiger partial charge is 0.0737 e. The first kappa shape index (κ1) is 30.6. The van der Waals surface area contributed by atoms with E-state index in [-0.39, 0.29) is 0 Å². The predicted octanol–water partition coefficient (Wildman–Crippen LogP) is 11.8. The van der Waals surface area contributed by atoms with Crippen molar-refractivity contribution in [2.24, 2.45) is 14.1 Å². The van der Waals surface area contributed by atoms with Crippen molar-refractivity contribution in [2.45, 2.75) is 55.4 Å². The van der Waals surface area contributed by atoms with Gasteiger partial charge in [0.2, 0.25) is 0 Å². The van der Waals surface area contributed by atoms with Crippen LogP contribution in [-0.4, -0.2) is 19.1 Å². The number of nitrogens with zero attached hydrogens (tertiary/aromatic N) is 4. The third kappa shape index (κ3) is 4.30. The van der Waals surface area contributed by atoms with Crippen LogP contribution in [0.3, 0.4) is 0 Å². The van der Waals surface area contributed by atoms with Crippen LogP contribution in [0.5, 0.6) is 0 Å². The summed E-state index contributed by atoms with van der Waals surface area (Å²) in [6.45, 7) is 17.6. The number of fused-ring (bicyclic) bond motifs is 20. The molecule has 0 aliphatic carbocycles. The van der Waals surface area contributed by atoms with Gasteiger partial charge in [-0.1, -0.05) is 0 Å². The van der Waals surface area contributed by atoms with Gasteiger partial charge < -0.3 is 9.13 Å². The minimum atomic E-state index is 0.997. The van der Waals surface area contributed by atoms with E-state index in [9.17, 15) is 0 Å². The molecule has 0 atom stereocenters. The lowest BCUT2D eigenvalue weighted by Gasteiger charge is -2.06. The number of hydrogen-bond acceptors (Lipinski definition) is 2. The molecule has 8 bridgehead atoms. The van der Waals surface area contributed by atoms with Crippen molar-refractivity contribution in [3.8, 4) is 45.0 Å². The number of hydrogen-bond donors (Lipinski definition) is 0.